The summed E-state index contributed by atoms with van der Waals surface area (Å²) in [6.07, 6.45) is 5.35. The molecule has 1 saturated heterocycles. The van der Waals surface area contributed by atoms with E-state index in [0.29, 0.717) is 6.54 Å². The van der Waals surface area contributed by atoms with Crippen LogP contribution < -0.4 is 0 Å². The largest absolute Gasteiger partial charge is 0.355 e. The van der Waals surface area contributed by atoms with Gasteiger partial charge in [0.05, 0.1) is 22.2 Å². The Hall–Kier alpha value is -2.45. The molecule has 1 aliphatic rings. The van der Waals surface area contributed by atoms with Crippen molar-refractivity contribution in [2.75, 3.05) is 12.8 Å². The number of likely N-dealkylation sites (tertiary alicyclic amines) is 1. The summed E-state index contributed by atoms with van der Waals surface area (Å²) in [7, 11) is -3.25. The highest BCUT2D eigenvalue weighted by Gasteiger charge is 2.29. The lowest BCUT2D eigenvalue weighted by atomic mass is 10.0. The van der Waals surface area contributed by atoms with Gasteiger partial charge in [-0.15, -0.1) is 11.3 Å². The summed E-state index contributed by atoms with van der Waals surface area (Å²) in [4.78, 5) is 16.4. The average molecular weight is 445 g/mol. The molecule has 8 heteroatoms. The van der Waals surface area contributed by atoms with E-state index in [-0.39, 0.29) is 23.3 Å². The summed E-state index contributed by atoms with van der Waals surface area (Å²) < 4.78 is 28.9. The van der Waals surface area contributed by atoms with Crippen LogP contribution in [-0.2, 0) is 21.1 Å². The first-order valence-corrected chi connectivity index (χ1v) is 12.8. The van der Waals surface area contributed by atoms with E-state index in [2.05, 4.69) is 5.16 Å². The van der Waals surface area contributed by atoms with Gasteiger partial charge in [0.2, 0.25) is 5.91 Å². The first-order chi connectivity index (χ1) is 14.4. The predicted octanol–water partition coefficient (Wildman–Crippen LogP) is 4.49. The molecule has 6 nitrogen and oxygen atoms in total. The molecule has 1 aromatic carbocycles. The van der Waals surface area contributed by atoms with Crippen molar-refractivity contribution in [2.45, 2.75) is 43.0 Å². The second kappa shape index (κ2) is 8.73. The van der Waals surface area contributed by atoms with Crippen molar-refractivity contribution in [3.63, 3.8) is 0 Å². The number of thiophene rings is 1. The first-order valence-electron chi connectivity index (χ1n) is 10.0. The molecule has 2 aromatic heterocycles. The van der Waals surface area contributed by atoms with Gasteiger partial charge in [-0.1, -0.05) is 36.2 Å². The van der Waals surface area contributed by atoms with Crippen LogP contribution in [-0.4, -0.2) is 37.2 Å². The zero-order valence-electron chi connectivity index (χ0n) is 16.8. The van der Waals surface area contributed by atoms with Gasteiger partial charge in [-0.05, 0) is 42.0 Å². The van der Waals surface area contributed by atoms with Crippen molar-refractivity contribution in [3.8, 4) is 10.6 Å². The Morgan fingerprint density at radius 2 is 2.00 bits per heavy atom. The van der Waals surface area contributed by atoms with Crippen molar-refractivity contribution in [3.05, 3.63) is 59.1 Å². The second-order valence-electron chi connectivity index (χ2n) is 7.64. The van der Waals surface area contributed by atoms with E-state index in [9.17, 15) is 13.2 Å². The molecule has 30 heavy (non-hydrogen) atoms. The maximum absolute atomic E-state index is 13.2. The molecular formula is C22H24N2O4S2. The zero-order valence-corrected chi connectivity index (χ0v) is 18.4. The number of aromatic nitrogens is 1. The minimum Gasteiger partial charge on any atom is -0.355 e. The first kappa shape index (κ1) is 20.8. The highest BCUT2D eigenvalue weighted by molar-refractivity contribution is 7.90. The number of carbonyl (C=O) groups excluding carboxylic acids is 1. The lowest BCUT2D eigenvalue weighted by Gasteiger charge is -2.28. The molecule has 0 spiro atoms. The Labute approximate surface area is 180 Å². The van der Waals surface area contributed by atoms with Gasteiger partial charge < -0.3 is 9.42 Å². The number of sulfone groups is 1. The number of carbonyl (C=O) groups is 1. The summed E-state index contributed by atoms with van der Waals surface area (Å²) in [5.41, 5.74) is 1.59. The Morgan fingerprint density at radius 1 is 1.20 bits per heavy atom. The standard InChI is InChI=1S/C22H24N2O4S2/c1-30(26,27)17-10-8-16(9-11-17)14-22(25)24-12-4-2-3-6-19(24)18-15-20(28-23-18)21-7-5-13-29-21/h5,7-11,13,15,19H,2-4,6,12,14H2,1H3. The smallest absolute Gasteiger partial charge is 0.227 e. The van der Waals surface area contributed by atoms with Crippen molar-refractivity contribution in [1.29, 1.82) is 0 Å². The van der Waals surface area contributed by atoms with Crippen LogP contribution in [0.5, 0.6) is 0 Å². The lowest BCUT2D eigenvalue weighted by molar-refractivity contribution is -0.133. The third kappa shape index (κ3) is 4.65. The van der Waals surface area contributed by atoms with Crippen LogP contribution in [0, 0.1) is 0 Å². The van der Waals surface area contributed by atoms with Gasteiger partial charge in [0, 0.05) is 18.9 Å². The average Bonchev–Trinajstić information content (AvgIpc) is 3.35. The van der Waals surface area contributed by atoms with Crippen LogP contribution in [0.3, 0.4) is 0 Å². The second-order valence-corrected chi connectivity index (χ2v) is 10.6. The molecular weight excluding hydrogens is 420 g/mol. The monoisotopic (exact) mass is 444 g/mol. The summed E-state index contributed by atoms with van der Waals surface area (Å²) in [5, 5.41) is 6.28. The van der Waals surface area contributed by atoms with Crippen molar-refractivity contribution in [1.82, 2.24) is 10.1 Å². The maximum Gasteiger partial charge on any atom is 0.227 e. The van der Waals surface area contributed by atoms with Crippen molar-refractivity contribution in [2.24, 2.45) is 0 Å². The van der Waals surface area contributed by atoms with Crippen LogP contribution in [0.15, 0.2) is 57.3 Å². The SMILES string of the molecule is CS(=O)(=O)c1ccc(CC(=O)N2CCCCCC2c2cc(-c3cccs3)on2)cc1. The Kier molecular flexibility index (Phi) is 6.06. The third-order valence-corrected chi connectivity index (χ3v) is 7.43. The van der Waals surface area contributed by atoms with Crippen LogP contribution >= 0.6 is 11.3 Å². The molecule has 1 unspecified atom stereocenters. The molecule has 0 radical (unpaired) electrons. The predicted molar refractivity (Wildman–Crippen MR) is 116 cm³/mol. The molecule has 1 atom stereocenters. The van der Waals surface area contributed by atoms with Gasteiger partial charge in [-0.25, -0.2) is 8.42 Å². The molecule has 0 bridgehead atoms. The van der Waals surface area contributed by atoms with Gasteiger partial charge >= 0.3 is 0 Å². The normalized spacial score (nSPS) is 17.6. The summed E-state index contributed by atoms with van der Waals surface area (Å²) >= 11 is 1.59. The van der Waals surface area contributed by atoms with Crippen molar-refractivity contribution < 1.29 is 17.7 Å². The van der Waals surface area contributed by atoms with Crippen LogP contribution in [0.25, 0.3) is 10.6 Å². The molecule has 0 N–H and O–H groups in total. The number of amides is 1. The minimum absolute atomic E-state index is 0.0229. The number of nitrogens with zero attached hydrogens (tertiary/aromatic N) is 2. The summed E-state index contributed by atoms with van der Waals surface area (Å²) in [6, 6.07) is 12.4. The molecule has 0 aliphatic carbocycles. The van der Waals surface area contributed by atoms with Gasteiger partial charge in [0.25, 0.3) is 0 Å². The molecule has 1 amide bonds. The molecule has 1 aliphatic heterocycles. The Balaban J connectivity index is 1.53. The Bertz CT molecular complexity index is 1100. The summed E-state index contributed by atoms with van der Waals surface area (Å²) in [5.74, 6) is 0.752. The Morgan fingerprint density at radius 3 is 2.70 bits per heavy atom. The molecule has 1 fully saturated rings. The molecule has 4 rings (SSSR count). The van der Waals surface area contributed by atoms with Crippen LogP contribution in [0.2, 0.25) is 0 Å². The lowest BCUT2D eigenvalue weighted by Crippen LogP contribution is -2.36. The third-order valence-electron chi connectivity index (χ3n) is 5.41. The van der Waals surface area contributed by atoms with E-state index in [4.69, 9.17) is 4.52 Å². The fraction of sp³-hybridized carbons (Fsp3) is 0.364. The minimum atomic E-state index is -3.25. The topological polar surface area (TPSA) is 80.5 Å². The molecule has 158 valence electrons. The van der Waals surface area contributed by atoms with E-state index in [1.807, 2.05) is 28.5 Å². The van der Waals surface area contributed by atoms with Crippen molar-refractivity contribution >= 4 is 27.1 Å². The van der Waals surface area contributed by atoms with E-state index in [1.165, 1.54) is 6.26 Å². The highest BCUT2D eigenvalue weighted by Crippen LogP contribution is 2.33. The molecule has 3 heterocycles. The number of benzene rings is 1. The fourth-order valence-corrected chi connectivity index (χ4v) is 5.13. The van der Waals surface area contributed by atoms with E-state index in [0.717, 1.165) is 47.6 Å². The van der Waals surface area contributed by atoms with Gasteiger partial charge in [-0.2, -0.15) is 0 Å². The molecule has 0 saturated carbocycles. The fourth-order valence-electron chi connectivity index (χ4n) is 3.83. The number of hydrogen-bond donors (Lipinski definition) is 0. The van der Waals surface area contributed by atoms with Gasteiger partial charge in [-0.3, -0.25) is 4.79 Å². The quantitative estimate of drug-likeness (QED) is 0.579. The molecule has 3 aromatic rings. The zero-order chi connectivity index (χ0) is 21.1. The maximum atomic E-state index is 13.2. The highest BCUT2D eigenvalue weighted by atomic mass is 32.2. The van der Waals surface area contributed by atoms with E-state index < -0.39 is 9.84 Å². The number of rotatable bonds is 5. The van der Waals surface area contributed by atoms with E-state index in [1.54, 1.807) is 35.6 Å². The van der Waals surface area contributed by atoms with E-state index >= 15 is 0 Å². The van der Waals surface area contributed by atoms with Gasteiger partial charge in [0.15, 0.2) is 15.6 Å². The van der Waals surface area contributed by atoms with Crippen LogP contribution in [0.1, 0.15) is 43.0 Å². The summed E-state index contributed by atoms with van der Waals surface area (Å²) in [6.45, 7) is 0.687. The van der Waals surface area contributed by atoms with Gasteiger partial charge in [0.1, 0.15) is 5.69 Å². The van der Waals surface area contributed by atoms with Crippen LogP contribution in [0.4, 0.5) is 0 Å². The number of hydrogen-bond acceptors (Lipinski definition) is 6.